The van der Waals surface area contributed by atoms with E-state index in [9.17, 15) is 25.2 Å². The molecule has 0 spiro atoms. The number of hydrogen-bond acceptors (Lipinski definition) is 7. The molecule has 3 unspecified atom stereocenters. The predicted octanol–water partition coefficient (Wildman–Crippen LogP) is 5.52. The van der Waals surface area contributed by atoms with Crippen molar-refractivity contribution < 1.29 is 34.7 Å². The van der Waals surface area contributed by atoms with Gasteiger partial charge in [-0.3, -0.25) is 4.79 Å². The van der Waals surface area contributed by atoms with Crippen LogP contribution in [-0.2, 0) is 14.3 Å². The summed E-state index contributed by atoms with van der Waals surface area (Å²) in [7, 11) is 0. The van der Waals surface area contributed by atoms with Crippen LogP contribution >= 0.6 is 0 Å². The summed E-state index contributed by atoms with van der Waals surface area (Å²) in [6, 6.07) is 0. The van der Waals surface area contributed by atoms with Crippen LogP contribution in [0.15, 0.2) is 11.6 Å². The molecular formula is C36H58O7. The number of carbonyl (C=O) groups excluding carboxylic acids is 1. The van der Waals surface area contributed by atoms with E-state index in [4.69, 9.17) is 9.47 Å². The van der Waals surface area contributed by atoms with Crippen LogP contribution in [0, 0.1) is 50.2 Å². The average Bonchev–Trinajstić information content (AvgIpc) is 2.92. The molecule has 0 bridgehead atoms. The maximum absolute atomic E-state index is 14.4. The Labute approximate surface area is 258 Å². The lowest BCUT2D eigenvalue weighted by molar-refractivity contribution is -0.297. The topological polar surface area (TPSA) is 116 Å². The quantitative estimate of drug-likeness (QED) is 0.248. The maximum Gasteiger partial charge on any atom is 0.315 e. The fourth-order valence-corrected chi connectivity index (χ4v) is 12.1. The second-order valence-electron chi connectivity index (χ2n) is 17.8. The predicted molar refractivity (Wildman–Crippen MR) is 164 cm³/mol. The highest BCUT2D eigenvalue weighted by Gasteiger charge is 2.69. The lowest BCUT2D eigenvalue weighted by Gasteiger charge is -2.71. The highest BCUT2D eigenvalue weighted by Crippen LogP contribution is 2.75. The smallest absolute Gasteiger partial charge is 0.315 e. The van der Waals surface area contributed by atoms with E-state index >= 15 is 0 Å². The van der Waals surface area contributed by atoms with Crippen LogP contribution in [0.3, 0.4) is 0 Å². The van der Waals surface area contributed by atoms with E-state index < -0.39 is 42.7 Å². The van der Waals surface area contributed by atoms with Crippen LogP contribution < -0.4 is 0 Å². The Morgan fingerprint density at radius 3 is 2.28 bits per heavy atom. The van der Waals surface area contributed by atoms with Gasteiger partial charge in [0.25, 0.3) is 0 Å². The SMILES string of the molecule is CC1(C)CC[C@]2(C(=O)OC3O[C@H](CO)[C@@H](O)[C@H](O)[C@H]3O)CC[C@]3(C)C(=CCC4[C@@]5(C)CCCC(C)(C)C5CC[C@]43C)[C@@H]2C1. The van der Waals surface area contributed by atoms with Crippen LogP contribution in [0.5, 0.6) is 0 Å². The summed E-state index contributed by atoms with van der Waals surface area (Å²) >= 11 is 0. The first-order valence-corrected chi connectivity index (χ1v) is 17.2. The summed E-state index contributed by atoms with van der Waals surface area (Å²) in [4.78, 5) is 14.4. The third-order valence-electron chi connectivity index (χ3n) is 14.9. The van der Waals surface area contributed by atoms with Gasteiger partial charge in [-0.15, -0.1) is 0 Å². The van der Waals surface area contributed by atoms with E-state index in [1.165, 1.54) is 37.7 Å². The summed E-state index contributed by atoms with van der Waals surface area (Å²) in [6.07, 6.45) is 7.07. The highest BCUT2D eigenvalue weighted by molar-refractivity contribution is 5.79. The minimum atomic E-state index is -1.59. The zero-order chi connectivity index (χ0) is 31.4. The Kier molecular flexibility index (Phi) is 7.62. The fraction of sp³-hybridized carbons (Fsp3) is 0.917. The zero-order valence-corrected chi connectivity index (χ0v) is 27.7. The van der Waals surface area contributed by atoms with Crippen molar-refractivity contribution in [3.8, 4) is 0 Å². The maximum atomic E-state index is 14.4. The summed E-state index contributed by atoms with van der Waals surface area (Å²) in [6.45, 7) is 16.8. The normalized spacial score (nSPS) is 52.0. The number of aliphatic hydroxyl groups is 4. The number of ether oxygens (including phenoxy) is 2. The lowest BCUT2D eigenvalue weighted by Crippen LogP contribution is -2.64. The van der Waals surface area contributed by atoms with Crippen LogP contribution in [0.2, 0.25) is 0 Å². The molecule has 4 N–H and O–H groups in total. The molecule has 5 aliphatic carbocycles. The minimum Gasteiger partial charge on any atom is -0.432 e. The second-order valence-corrected chi connectivity index (χ2v) is 17.8. The molecule has 0 aromatic heterocycles. The fourth-order valence-electron chi connectivity index (χ4n) is 12.1. The number of esters is 1. The molecule has 7 heteroatoms. The molecule has 43 heavy (non-hydrogen) atoms. The number of allylic oxidation sites excluding steroid dienone is 2. The molecule has 6 aliphatic rings. The van der Waals surface area contributed by atoms with Gasteiger partial charge in [-0.25, -0.2) is 0 Å². The third kappa shape index (κ3) is 4.48. The van der Waals surface area contributed by atoms with Crippen molar-refractivity contribution in [3.63, 3.8) is 0 Å². The van der Waals surface area contributed by atoms with Gasteiger partial charge in [-0.1, -0.05) is 66.5 Å². The molecular weight excluding hydrogens is 544 g/mol. The molecule has 244 valence electrons. The van der Waals surface area contributed by atoms with E-state index in [1.54, 1.807) is 0 Å². The van der Waals surface area contributed by atoms with Crippen molar-refractivity contribution in [3.05, 3.63) is 11.6 Å². The Balaban J connectivity index is 1.35. The Morgan fingerprint density at radius 2 is 1.58 bits per heavy atom. The highest BCUT2D eigenvalue weighted by atomic mass is 16.7. The molecule has 0 aromatic carbocycles. The van der Waals surface area contributed by atoms with Crippen LogP contribution in [0.4, 0.5) is 0 Å². The number of carbonyl (C=O) groups is 1. The average molecular weight is 603 g/mol. The van der Waals surface area contributed by atoms with Gasteiger partial charge in [0.05, 0.1) is 12.0 Å². The third-order valence-corrected chi connectivity index (χ3v) is 14.9. The Hall–Kier alpha value is -0.990. The lowest BCUT2D eigenvalue weighted by atomic mass is 9.33. The standard InChI is InChI=1S/C36H58O7/c1-31(2)15-17-36(30(41)43-29-28(40)27(39)26(38)23(20-37)42-29)18-16-34(6)21(22(36)19-31)9-10-25-33(5)13-8-12-32(3,4)24(33)11-14-35(25,34)7/h9,22-29,37-40H,8,10-20H2,1-7H3/t22-,23+,24?,25?,26+,27-,28+,29?,33-,34+,35+,36-/m0/s1. The van der Waals surface area contributed by atoms with Crippen molar-refractivity contribution in [2.45, 2.75) is 150 Å². The van der Waals surface area contributed by atoms with E-state index in [0.717, 1.165) is 38.0 Å². The largest absolute Gasteiger partial charge is 0.432 e. The van der Waals surface area contributed by atoms with Crippen molar-refractivity contribution in [1.29, 1.82) is 0 Å². The van der Waals surface area contributed by atoms with Gasteiger partial charge in [0.2, 0.25) is 6.29 Å². The number of hydrogen-bond donors (Lipinski definition) is 4. The molecule has 1 heterocycles. The Bertz CT molecular complexity index is 1140. The molecule has 0 amide bonds. The van der Waals surface area contributed by atoms with Crippen molar-refractivity contribution in [2.24, 2.45) is 50.2 Å². The molecule has 12 atom stereocenters. The first kappa shape index (κ1) is 32.0. The van der Waals surface area contributed by atoms with Gasteiger partial charge >= 0.3 is 5.97 Å². The van der Waals surface area contributed by atoms with Crippen LogP contribution in [-0.4, -0.2) is 63.7 Å². The van der Waals surface area contributed by atoms with Gasteiger partial charge < -0.3 is 29.9 Å². The van der Waals surface area contributed by atoms with Gasteiger partial charge in [-0.05, 0) is 109 Å². The van der Waals surface area contributed by atoms with Crippen molar-refractivity contribution in [2.75, 3.05) is 6.61 Å². The number of aliphatic hydroxyl groups excluding tert-OH is 4. The van der Waals surface area contributed by atoms with E-state index in [-0.39, 0.29) is 28.1 Å². The van der Waals surface area contributed by atoms with E-state index in [2.05, 4.69) is 54.5 Å². The second kappa shape index (κ2) is 10.3. The summed E-state index contributed by atoms with van der Waals surface area (Å²) < 4.78 is 11.6. The number of fused-ring (bicyclic) bond motifs is 7. The molecule has 0 radical (unpaired) electrons. The van der Waals surface area contributed by atoms with Crippen molar-refractivity contribution >= 4 is 5.97 Å². The van der Waals surface area contributed by atoms with Gasteiger partial charge in [0.15, 0.2) is 0 Å². The molecule has 5 fully saturated rings. The monoisotopic (exact) mass is 602 g/mol. The summed E-state index contributed by atoms with van der Waals surface area (Å²) in [5, 5.41) is 41.0. The van der Waals surface area contributed by atoms with Gasteiger partial charge in [-0.2, -0.15) is 0 Å². The zero-order valence-electron chi connectivity index (χ0n) is 27.7. The molecule has 7 nitrogen and oxygen atoms in total. The molecule has 1 saturated heterocycles. The van der Waals surface area contributed by atoms with Crippen molar-refractivity contribution in [1.82, 2.24) is 0 Å². The van der Waals surface area contributed by atoms with E-state index in [1.807, 2.05) is 0 Å². The van der Waals surface area contributed by atoms with E-state index in [0.29, 0.717) is 23.2 Å². The molecule has 6 rings (SSSR count). The summed E-state index contributed by atoms with van der Waals surface area (Å²) in [5.41, 5.74) is 1.67. The van der Waals surface area contributed by atoms with Crippen LogP contribution in [0.1, 0.15) is 119 Å². The minimum absolute atomic E-state index is 0.00348. The number of rotatable bonds is 3. The van der Waals surface area contributed by atoms with Gasteiger partial charge in [0, 0.05) is 0 Å². The molecule has 1 aliphatic heterocycles. The van der Waals surface area contributed by atoms with Crippen LogP contribution in [0.25, 0.3) is 0 Å². The summed E-state index contributed by atoms with van der Waals surface area (Å²) in [5.74, 6) is 1.03. The molecule has 0 aromatic rings. The Morgan fingerprint density at radius 1 is 0.884 bits per heavy atom. The first-order valence-electron chi connectivity index (χ1n) is 17.2. The molecule has 4 saturated carbocycles. The first-order chi connectivity index (χ1) is 20.0. The van der Waals surface area contributed by atoms with Gasteiger partial charge in [0.1, 0.15) is 24.4 Å².